The molecule has 0 saturated carbocycles. The molecule has 17 heavy (non-hydrogen) atoms. The molecule has 0 aliphatic carbocycles. The SMILES string of the molecule is CC1CCCCCN1c1cc([C@@H](C)O)ccn1. The van der Waals surface area contributed by atoms with Crippen LogP contribution in [0.15, 0.2) is 18.3 Å². The number of hydrogen-bond acceptors (Lipinski definition) is 3. The average Bonchev–Trinajstić information content (AvgIpc) is 2.54. The van der Waals surface area contributed by atoms with Gasteiger partial charge in [0.1, 0.15) is 5.82 Å². The van der Waals surface area contributed by atoms with Crippen molar-refractivity contribution in [2.24, 2.45) is 0 Å². The van der Waals surface area contributed by atoms with Crippen LogP contribution in [0.1, 0.15) is 51.2 Å². The van der Waals surface area contributed by atoms with Gasteiger partial charge >= 0.3 is 0 Å². The molecule has 0 spiro atoms. The molecule has 1 unspecified atom stereocenters. The Labute approximate surface area is 103 Å². The first-order valence-corrected chi connectivity index (χ1v) is 6.59. The highest BCUT2D eigenvalue weighted by Gasteiger charge is 2.18. The molecule has 1 N–H and O–H groups in total. The van der Waals surface area contributed by atoms with Gasteiger partial charge in [-0.2, -0.15) is 0 Å². The second kappa shape index (κ2) is 5.50. The van der Waals surface area contributed by atoms with E-state index in [2.05, 4.69) is 16.8 Å². The van der Waals surface area contributed by atoms with E-state index in [9.17, 15) is 5.11 Å². The highest BCUT2D eigenvalue weighted by atomic mass is 16.3. The summed E-state index contributed by atoms with van der Waals surface area (Å²) in [6, 6.07) is 4.46. The smallest absolute Gasteiger partial charge is 0.129 e. The second-order valence-corrected chi connectivity index (χ2v) is 5.02. The fourth-order valence-corrected chi connectivity index (χ4v) is 2.47. The monoisotopic (exact) mass is 234 g/mol. The lowest BCUT2D eigenvalue weighted by Gasteiger charge is -2.28. The Morgan fingerprint density at radius 2 is 2.24 bits per heavy atom. The van der Waals surface area contributed by atoms with Crippen LogP contribution in [-0.4, -0.2) is 22.7 Å². The van der Waals surface area contributed by atoms with E-state index in [0.717, 1.165) is 17.9 Å². The first-order valence-electron chi connectivity index (χ1n) is 6.59. The van der Waals surface area contributed by atoms with Crippen molar-refractivity contribution in [1.82, 2.24) is 4.98 Å². The lowest BCUT2D eigenvalue weighted by molar-refractivity contribution is 0.199. The Balaban J connectivity index is 2.22. The Kier molecular flexibility index (Phi) is 4.00. The zero-order valence-corrected chi connectivity index (χ0v) is 10.8. The summed E-state index contributed by atoms with van der Waals surface area (Å²) in [5.74, 6) is 1.01. The van der Waals surface area contributed by atoms with E-state index in [1.54, 1.807) is 13.1 Å². The van der Waals surface area contributed by atoms with E-state index in [4.69, 9.17) is 0 Å². The van der Waals surface area contributed by atoms with Gasteiger partial charge in [0.15, 0.2) is 0 Å². The lowest BCUT2D eigenvalue weighted by Crippen LogP contribution is -2.33. The van der Waals surface area contributed by atoms with Crippen molar-refractivity contribution in [2.45, 2.75) is 51.7 Å². The van der Waals surface area contributed by atoms with Crippen LogP contribution in [0.25, 0.3) is 0 Å². The topological polar surface area (TPSA) is 36.4 Å². The van der Waals surface area contributed by atoms with Crippen molar-refractivity contribution >= 4 is 5.82 Å². The number of hydrogen-bond donors (Lipinski definition) is 1. The van der Waals surface area contributed by atoms with Crippen LogP contribution in [0.5, 0.6) is 0 Å². The van der Waals surface area contributed by atoms with Gasteiger partial charge in [-0.05, 0) is 44.4 Å². The van der Waals surface area contributed by atoms with E-state index in [1.165, 1.54) is 25.7 Å². The largest absolute Gasteiger partial charge is 0.389 e. The third kappa shape index (κ3) is 2.97. The summed E-state index contributed by atoms with van der Waals surface area (Å²) >= 11 is 0. The van der Waals surface area contributed by atoms with E-state index in [0.29, 0.717) is 6.04 Å². The molecule has 1 aliphatic heterocycles. The van der Waals surface area contributed by atoms with Crippen molar-refractivity contribution in [3.8, 4) is 0 Å². The van der Waals surface area contributed by atoms with Gasteiger partial charge in [0.25, 0.3) is 0 Å². The normalized spacial score (nSPS) is 23.2. The maximum absolute atomic E-state index is 9.62. The standard InChI is InChI=1S/C14H22N2O/c1-11-6-4-3-5-9-16(11)14-10-13(12(2)17)7-8-15-14/h7-8,10-12,17H,3-6,9H2,1-2H3/t11?,12-/m1/s1. The molecule has 2 heterocycles. The van der Waals surface area contributed by atoms with Crippen molar-refractivity contribution < 1.29 is 5.11 Å². The van der Waals surface area contributed by atoms with Crippen LogP contribution in [0.2, 0.25) is 0 Å². The zero-order valence-electron chi connectivity index (χ0n) is 10.8. The molecule has 3 nitrogen and oxygen atoms in total. The molecule has 1 aromatic heterocycles. The lowest BCUT2D eigenvalue weighted by atomic mass is 10.1. The molecule has 2 atom stereocenters. The molecule has 0 radical (unpaired) electrons. The van der Waals surface area contributed by atoms with Gasteiger partial charge in [-0.15, -0.1) is 0 Å². The predicted octanol–water partition coefficient (Wildman–Crippen LogP) is 2.90. The van der Waals surface area contributed by atoms with Crippen LogP contribution < -0.4 is 4.90 Å². The number of pyridine rings is 1. The zero-order chi connectivity index (χ0) is 12.3. The fourth-order valence-electron chi connectivity index (χ4n) is 2.47. The first-order chi connectivity index (χ1) is 8.18. The summed E-state index contributed by atoms with van der Waals surface area (Å²) in [4.78, 5) is 6.83. The Morgan fingerprint density at radius 1 is 1.41 bits per heavy atom. The first kappa shape index (κ1) is 12.4. The summed E-state index contributed by atoms with van der Waals surface area (Å²) in [5, 5.41) is 9.62. The van der Waals surface area contributed by atoms with Crippen LogP contribution >= 0.6 is 0 Å². The van der Waals surface area contributed by atoms with Gasteiger partial charge in [0.05, 0.1) is 6.10 Å². The fraction of sp³-hybridized carbons (Fsp3) is 0.643. The van der Waals surface area contributed by atoms with Gasteiger partial charge in [-0.25, -0.2) is 4.98 Å². The molecule has 1 aliphatic rings. The minimum absolute atomic E-state index is 0.418. The van der Waals surface area contributed by atoms with Crippen molar-refractivity contribution in [3.05, 3.63) is 23.9 Å². The van der Waals surface area contributed by atoms with E-state index in [1.807, 2.05) is 12.1 Å². The number of aromatic nitrogens is 1. The Bertz CT molecular complexity index is 365. The van der Waals surface area contributed by atoms with E-state index < -0.39 is 6.10 Å². The molecule has 1 saturated heterocycles. The second-order valence-electron chi connectivity index (χ2n) is 5.02. The maximum Gasteiger partial charge on any atom is 0.129 e. The van der Waals surface area contributed by atoms with Crippen LogP contribution in [0.4, 0.5) is 5.82 Å². The van der Waals surface area contributed by atoms with E-state index in [-0.39, 0.29) is 0 Å². The summed E-state index contributed by atoms with van der Waals surface area (Å²) in [5.41, 5.74) is 0.950. The van der Waals surface area contributed by atoms with Crippen molar-refractivity contribution in [3.63, 3.8) is 0 Å². The molecule has 0 bridgehead atoms. The van der Waals surface area contributed by atoms with Crippen LogP contribution in [0, 0.1) is 0 Å². The molecular formula is C14H22N2O. The number of anilines is 1. The molecule has 2 rings (SSSR count). The summed E-state index contributed by atoms with van der Waals surface area (Å²) in [7, 11) is 0. The quantitative estimate of drug-likeness (QED) is 0.854. The van der Waals surface area contributed by atoms with Gasteiger partial charge in [-0.3, -0.25) is 0 Å². The van der Waals surface area contributed by atoms with Crippen molar-refractivity contribution in [1.29, 1.82) is 0 Å². The molecule has 3 heteroatoms. The average molecular weight is 234 g/mol. The van der Waals surface area contributed by atoms with Crippen molar-refractivity contribution in [2.75, 3.05) is 11.4 Å². The molecule has 1 aromatic rings. The number of nitrogens with zero attached hydrogens (tertiary/aromatic N) is 2. The van der Waals surface area contributed by atoms with Gasteiger partial charge in [0, 0.05) is 18.8 Å². The summed E-state index contributed by atoms with van der Waals surface area (Å²) < 4.78 is 0. The van der Waals surface area contributed by atoms with Crippen LogP contribution in [-0.2, 0) is 0 Å². The van der Waals surface area contributed by atoms with E-state index >= 15 is 0 Å². The number of rotatable bonds is 2. The Morgan fingerprint density at radius 3 is 3.00 bits per heavy atom. The molecule has 94 valence electrons. The van der Waals surface area contributed by atoms with Gasteiger partial charge in [0.2, 0.25) is 0 Å². The minimum Gasteiger partial charge on any atom is -0.389 e. The number of aliphatic hydroxyl groups excluding tert-OH is 1. The van der Waals surface area contributed by atoms with Crippen LogP contribution in [0.3, 0.4) is 0 Å². The predicted molar refractivity (Wildman–Crippen MR) is 70.1 cm³/mol. The molecule has 0 amide bonds. The third-order valence-electron chi connectivity index (χ3n) is 3.60. The third-order valence-corrected chi connectivity index (χ3v) is 3.60. The summed E-state index contributed by atoms with van der Waals surface area (Å²) in [6.07, 6.45) is 6.49. The molecule has 1 fully saturated rings. The molecule has 0 aromatic carbocycles. The summed E-state index contributed by atoms with van der Waals surface area (Å²) in [6.45, 7) is 5.14. The molecular weight excluding hydrogens is 212 g/mol. The minimum atomic E-state index is -0.418. The van der Waals surface area contributed by atoms with Gasteiger partial charge < -0.3 is 10.0 Å². The highest BCUT2D eigenvalue weighted by molar-refractivity contribution is 5.42. The Hall–Kier alpha value is -1.09. The highest BCUT2D eigenvalue weighted by Crippen LogP contribution is 2.24. The number of aliphatic hydroxyl groups is 1. The van der Waals surface area contributed by atoms with Gasteiger partial charge in [-0.1, -0.05) is 12.8 Å². The maximum atomic E-state index is 9.62.